The second kappa shape index (κ2) is 4.28. The van der Waals surface area contributed by atoms with Crippen molar-refractivity contribution in [3.05, 3.63) is 48.0 Å². The third-order valence-electron chi connectivity index (χ3n) is 2.00. The monoisotopic (exact) mass is 205 g/mol. The van der Waals surface area contributed by atoms with E-state index in [1.165, 1.54) is 0 Å². The summed E-state index contributed by atoms with van der Waals surface area (Å²) in [6, 6.07) is 9.18. The Bertz CT molecular complexity index is 368. The molecule has 1 aromatic rings. The number of rotatable bonds is 3. The predicted molar refractivity (Wildman–Crippen MR) is 58.9 cm³/mol. The molecule has 0 radical (unpaired) electrons. The lowest BCUT2D eigenvalue weighted by atomic mass is 10.1. The Balaban J connectivity index is 2.85. The molecule has 1 rings (SSSR count). The first kappa shape index (κ1) is 11.5. The summed E-state index contributed by atoms with van der Waals surface area (Å²) in [6.07, 6.45) is 0. The molecule has 2 N–H and O–H groups in total. The third-order valence-corrected chi connectivity index (χ3v) is 2.00. The minimum Gasteiger partial charge on any atom is -0.437 e. The van der Waals surface area contributed by atoms with E-state index >= 15 is 0 Å². The summed E-state index contributed by atoms with van der Waals surface area (Å²) in [6.45, 7) is 6.73. The molecule has 15 heavy (non-hydrogen) atoms. The van der Waals surface area contributed by atoms with Crippen molar-refractivity contribution in [3.8, 4) is 0 Å². The van der Waals surface area contributed by atoms with Crippen LogP contribution >= 0.6 is 0 Å². The predicted octanol–water partition coefficient (Wildman–Crippen LogP) is 1.94. The Morgan fingerprint density at radius 3 is 2.40 bits per heavy atom. The van der Waals surface area contributed by atoms with Gasteiger partial charge in [-0.2, -0.15) is 0 Å². The fourth-order valence-corrected chi connectivity index (χ4v) is 1.11. The van der Waals surface area contributed by atoms with Gasteiger partial charge in [0.15, 0.2) is 5.72 Å². The molecule has 0 bridgehead atoms. The number of hydrogen-bond donors (Lipinski definition) is 1. The number of hydrogen-bond acceptors (Lipinski definition) is 3. The van der Waals surface area contributed by atoms with Gasteiger partial charge in [0.05, 0.1) is 0 Å². The molecule has 3 nitrogen and oxygen atoms in total. The number of benzene rings is 1. The zero-order valence-corrected chi connectivity index (χ0v) is 8.99. The Morgan fingerprint density at radius 2 is 1.93 bits per heavy atom. The summed E-state index contributed by atoms with van der Waals surface area (Å²) in [7, 11) is 0. The van der Waals surface area contributed by atoms with Gasteiger partial charge in [-0.05, 0) is 13.8 Å². The second-order valence-corrected chi connectivity index (χ2v) is 3.64. The van der Waals surface area contributed by atoms with Crippen LogP contribution in [0.3, 0.4) is 0 Å². The highest BCUT2D eigenvalue weighted by atomic mass is 16.6. The molecular formula is C12H15NO2. The lowest BCUT2D eigenvalue weighted by Crippen LogP contribution is -2.38. The zero-order chi connectivity index (χ0) is 11.5. The molecule has 1 unspecified atom stereocenters. The maximum Gasteiger partial charge on any atom is 0.335 e. The van der Waals surface area contributed by atoms with E-state index in [1.807, 2.05) is 30.3 Å². The minimum atomic E-state index is -1.11. The molecule has 0 aliphatic heterocycles. The lowest BCUT2D eigenvalue weighted by molar-refractivity contribution is -0.153. The summed E-state index contributed by atoms with van der Waals surface area (Å²) in [5, 5.41) is 0. The van der Waals surface area contributed by atoms with Crippen molar-refractivity contribution in [1.29, 1.82) is 0 Å². The summed E-state index contributed by atoms with van der Waals surface area (Å²) >= 11 is 0. The number of carbonyl (C=O) groups is 1. The first-order valence-electron chi connectivity index (χ1n) is 4.67. The van der Waals surface area contributed by atoms with Gasteiger partial charge in [0.2, 0.25) is 0 Å². The Morgan fingerprint density at radius 1 is 1.40 bits per heavy atom. The second-order valence-electron chi connectivity index (χ2n) is 3.64. The van der Waals surface area contributed by atoms with Gasteiger partial charge in [0.25, 0.3) is 0 Å². The molecular weight excluding hydrogens is 190 g/mol. The molecule has 0 amide bonds. The first-order valence-corrected chi connectivity index (χ1v) is 4.67. The molecule has 0 aliphatic carbocycles. The van der Waals surface area contributed by atoms with Crippen LogP contribution in [-0.4, -0.2) is 5.97 Å². The van der Waals surface area contributed by atoms with Gasteiger partial charge in [-0.25, -0.2) is 4.79 Å². The summed E-state index contributed by atoms with van der Waals surface area (Å²) in [4.78, 5) is 11.3. The molecule has 0 aliphatic rings. The van der Waals surface area contributed by atoms with Gasteiger partial charge in [-0.1, -0.05) is 36.9 Å². The normalized spacial score (nSPS) is 14.1. The smallest absolute Gasteiger partial charge is 0.335 e. The molecule has 0 fully saturated rings. The highest BCUT2D eigenvalue weighted by Crippen LogP contribution is 2.19. The summed E-state index contributed by atoms with van der Waals surface area (Å²) < 4.78 is 5.12. The van der Waals surface area contributed by atoms with E-state index in [0.29, 0.717) is 5.57 Å². The van der Waals surface area contributed by atoms with Crippen LogP contribution in [0.1, 0.15) is 19.4 Å². The average molecular weight is 205 g/mol. The van der Waals surface area contributed by atoms with Crippen LogP contribution in [0.25, 0.3) is 0 Å². The van der Waals surface area contributed by atoms with Gasteiger partial charge in [-0.3, -0.25) is 5.73 Å². The zero-order valence-electron chi connectivity index (χ0n) is 8.99. The fourth-order valence-electron chi connectivity index (χ4n) is 1.11. The highest BCUT2D eigenvalue weighted by molar-refractivity contribution is 5.87. The molecule has 1 atom stereocenters. The summed E-state index contributed by atoms with van der Waals surface area (Å²) in [5.41, 5.74) is 5.86. The topological polar surface area (TPSA) is 52.3 Å². The van der Waals surface area contributed by atoms with E-state index < -0.39 is 11.7 Å². The lowest BCUT2D eigenvalue weighted by Gasteiger charge is -2.25. The first-order chi connectivity index (χ1) is 6.93. The van der Waals surface area contributed by atoms with Gasteiger partial charge >= 0.3 is 5.97 Å². The number of esters is 1. The molecule has 3 heteroatoms. The molecule has 0 aromatic heterocycles. The van der Waals surface area contributed by atoms with Crippen molar-refractivity contribution in [2.45, 2.75) is 19.6 Å². The molecule has 0 spiro atoms. The average Bonchev–Trinajstić information content (AvgIpc) is 2.18. The van der Waals surface area contributed by atoms with E-state index in [2.05, 4.69) is 6.58 Å². The van der Waals surface area contributed by atoms with E-state index in [-0.39, 0.29) is 0 Å². The van der Waals surface area contributed by atoms with Crippen molar-refractivity contribution in [3.63, 3.8) is 0 Å². The van der Waals surface area contributed by atoms with Gasteiger partial charge < -0.3 is 4.74 Å². The van der Waals surface area contributed by atoms with Crippen LogP contribution in [0.5, 0.6) is 0 Å². The van der Waals surface area contributed by atoms with Crippen molar-refractivity contribution < 1.29 is 9.53 Å². The van der Waals surface area contributed by atoms with Gasteiger partial charge in [-0.15, -0.1) is 0 Å². The minimum absolute atomic E-state index is 0.336. The van der Waals surface area contributed by atoms with E-state index in [1.54, 1.807) is 13.8 Å². The fraction of sp³-hybridized carbons (Fsp3) is 0.250. The maximum absolute atomic E-state index is 11.3. The van der Waals surface area contributed by atoms with E-state index in [0.717, 1.165) is 5.56 Å². The quantitative estimate of drug-likeness (QED) is 0.466. The summed E-state index contributed by atoms with van der Waals surface area (Å²) in [5.74, 6) is -0.483. The van der Waals surface area contributed by atoms with Crippen molar-refractivity contribution >= 4 is 5.97 Å². The Labute approximate surface area is 89.5 Å². The van der Waals surface area contributed by atoms with Crippen molar-refractivity contribution in [2.24, 2.45) is 5.73 Å². The third kappa shape index (κ3) is 2.92. The van der Waals surface area contributed by atoms with Gasteiger partial charge in [0, 0.05) is 11.1 Å². The molecule has 1 aromatic carbocycles. The largest absolute Gasteiger partial charge is 0.437 e. The van der Waals surface area contributed by atoms with Crippen LogP contribution < -0.4 is 5.73 Å². The Kier molecular flexibility index (Phi) is 3.27. The van der Waals surface area contributed by atoms with Crippen molar-refractivity contribution in [1.82, 2.24) is 0 Å². The maximum atomic E-state index is 11.3. The standard InChI is InChI=1S/C12H15NO2/c1-9(2)11(14)15-12(3,13)10-7-5-4-6-8-10/h4-8H,1,13H2,2-3H3. The SMILES string of the molecule is C=C(C)C(=O)OC(C)(N)c1ccccc1. The number of ether oxygens (including phenoxy) is 1. The van der Waals surface area contributed by atoms with Crippen LogP contribution in [0, 0.1) is 0 Å². The van der Waals surface area contributed by atoms with Crippen LogP contribution in [0.15, 0.2) is 42.5 Å². The van der Waals surface area contributed by atoms with Crippen molar-refractivity contribution in [2.75, 3.05) is 0 Å². The Hall–Kier alpha value is -1.61. The van der Waals surface area contributed by atoms with Crippen LogP contribution in [0.2, 0.25) is 0 Å². The number of carbonyl (C=O) groups excluding carboxylic acids is 1. The van der Waals surface area contributed by atoms with Crippen LogP contribution in [0.4, 0.5) is 0 Å². The van der Waals surface area contributed by atoms with Crippen LogP contribution in [-0.2, 0) is 15.3 Å². The van der Waals surface area contributed by atoms with Gasteiger partial charge in [0.1, 0.15) is 0 Å². The highest BCUT2D eigenvalue weighted by Gasteiger charge is 2.25. The molecule has 0 heterocycles. The molecule has 0 saturated heterocycles. The number of nitrogens with two attached hydrogens (primary N) is 1. The van der Waals surface area contributed by atoms with E-state index in [4.69, 9.17) is 10.5 Å². The molecule has 0 saturated carbocycles. The molecule has 80 valence electrons. The van der Waals surface area contributed by atoms with E-state index in [9.17, 15) is 4.79 Å².